The summed E-state index contributed by atoms with van der Waals surface area (Å²) in [6, 6.07) is 3.50. The molecule has 0 saturated carbocycles. The molecule has 33 heavy (non-hydrogen) atoms. The molecule has 4 amide bonds. The minimum atomic E-state index is -3.79. The lowest BCUT2D eigenvalue weighted by atomic mass is 9.91. The number of nitrogens with one attached hydrogen (secondary N) is 2. The summed E-state index contributed by atoms with van der Waals surface area (Å²) in [7, 11) is -2.41. The van der Waals surface area contributed by atoms with Crippen molar-refractivity contribution in [3.05, 3.63) is 18.2 Å². The third kappa shape index (κ3) is 5.28. The van der Waals surface area contributed by atoms with Crippen molar-refractivity contribution in [2.75, 3.05) is 45.3 Å². The predicted molar refractivity (Wildman–Crippen MR) is 119 cm³/mol. The number of benzene rings is 1. The average Bonchev–Trinajstić information content (AvgIpc) is 2.96. The summed E-state index contributed by atoms with van der Waals surface area (Å²) in [6.45, 7) is 6.07. The fourth-order valence-electron chi connectivity index (χ4n) is 4.06. The lowest BCUT2D eigenvalue weighted by Crippen LogP contribution is -2.45. The molecule has 1 unspecified atom stereocenters. The zero-order valence-electron chi connectivity index (χ0n) is 19.2. The molecule has 0 spiro atoms. The number of anilines is 1. The highest BCUT2D eigenvalue weighted by Crippen LogP contribution is 2.30. The molecule has 2 saturated heterocycles. The van der Waals surface area contributed by atoms with Gasteiger partial charge in [-0.25, -0.2) is 13.2 Å². The van der Waals surface area contributed by atoms with E-state index in [4.69, 9.17) is 9.47 Å². The van der Waals surface area contributed by atoms with Gasteiger partial charge in [-0.1, -0.05) is 13.8 Å². The van der Waals surface area contributed by atoms with Gasteiger partial charge in [-0.05, 0) is 37.5 Å². The van der Waals surface area contributed by atoms with Gasteiger partial charge in [-0.15, -0.1) is 0 Å². The lowest BCUT2D eigenvalue weighted by molar-refractivity contribution is -0.133. The molecule has 2 aliphatic heterocycles. The van der Waals surface area contributed by atoms with E-state index in [0.717, 1.165) is 4.90 Å². The van der Waals surface area contributed by atoms with E-state index in [1.165, 1.54) is 29.6 Å². The van der Waals surface area contributed by atoms with E-state index in [1.807, 2.05) is 13.8 Å². The second-order valence-electron chi connectivity index (χ2n) is 8.68. The highest BCUT2D eigenvalue weighted by molar-refractivity contribution is 7.89. The monoisotopic (exact) mass is 482 g/mol. The number of methoxy groups -OCH3 is 1. The Morgan fingerprint density at radius 2 is 1.94 bits per heavy atom. The Morgan fingerprint density at radius 1 is 1.27 bits per heavy atom. The van der Waals surface area contributed by atoms with Crippen LogP contribution >= 0.6 is 0 Å². The molecule has 12 heteroatoms. The number of morpholine rings is 1. The van der Waals surface area contributed by atoms with Crippen LogP contribution in [-0.4, -0.2) is 81.0 Å². The van der Waals surface area contributed by atoms with Gasteiger partial charge in [-0.3, -0.25) is 14.5 Å². The lowest BCUT2D eigenvalue weighted by Gasteiger charge is -2.26. The Kier molecular flexibility index (Phi) is 7.29. The second kappa shape index (κ2) is 9.65. The Labute approximate surface area is 193 Å². The SMILES string of the molecule is COc1ccc(S(=O)(=O)N2CCOCC2)cc1NC(=O)CN1C(=O)NC(C)(CC(C)C)C1=O. The Hall–Kier alpha value is -2.70. The minimum Gasteiger partial charge on any atom is -0.495 e. The Morgan fingerprint density at radius 3 is 2.55 bits per heavy atom. The molecule has 2 N–H and O–H groups in total. The molecular formula is C21H30N4O7S. The van der Waals surface area contributed by atoms with Crippen molar-refractivity contribution in [3.63, 3.8) is 0 Å². The van der Waals surface area contributed by atoms with Crippen molar-refractivity contribution in [1.29, 1.82) is 0 Å². The van der Waals surface area contributed by atoms with Gasteiger partial charge in [0.1, 0.15) is 17.8 Å². The summed E-state index contributed by atoms with van der Waals surface area (Å²) in [6.07, 6.45) is 0.435. The van der Waals surface area contributed by atoms with Crippen molar-refractivity contribution in [2.45, 2.75) is 37.6 Å². The van der Waals surface area contributed by atoms with Crippen molar-refractivity contribution in [1.82, 2.24) is 14.5 Å². The number of carbonyl (C=O) groups excluding carboxylic acids is 3. The summed E-state index contributed by atoms with van der Waals surface area (Å²) < 4.78 is 37.7. The minimum absolute atomic E-state index is 0.0139. The van der Waals surface area contributed by atoms with Crippen molar-refractivity contribution >= 4 is 33.6 Å². The zero-order chi connectivity index (χ0) is 24.4. The molecular weight excluding hydrogens is 452 g/mol. The first-order valence-corrected chi connectivity index (χ1v) is 12.1. The van der Waals surface area contributed by atoms with E-state index in [0.29, 0.717) is 19.6 Å². The number of rotatable bonds is 8. The Balaban J connectivity index is 1.77. The molecule has 0 aliphatic carbocycles. The van der Waals surface area contributed by atoms with Crippen LogP contribution in [0.1, 0.15) is 27.2 Å². The second-order valence-corrected chi connectivity index (χ2v) is 10.6. The molecule has 0 aromatic heterocycles. The first-order chi connectivity index (χ1) is 15.5. The number of sulfonamides is 1. The third-order valence-corrected chi connectivity index (χ3v) is 7.41. The first-order valence-electron chi connectivity index (χ1n) is 10.7. The predicted octanol–water partition coefficient (Wildman–Crippen LogP) is 1.01. The molecule has 1 aromatic carbocycles. The van der Waals surface area contributed by atoms with Crippen molar-refractivity contribution in [3.8, 4) is 5.75 Å². The summed E-state index contributed by atoms with van der Waals surface area (Å²) in [4.78, 5) is 38.7. The quantitative estimate of drug-likeness (QED) is 0.528. The fourth-order valence-corrected chi connectivity index (χ4v) is 5.49. The van der Waals surface area contributed by atoms with Gasteiger partial charge >= 0.3 is 6.03 Å². The highest BCUT2D eigenvalue weighted by Gasteiger charge is 2.48. The van der Waals surface area contributed by atoms with Gasteiger partial charge in [-0.2, -0.15) is 4.31 Å². The highest BCUT2D eigenvalue weighted by atomic mass is 32.2. The van der Waals surface area contributed by atoms with Crippen molar-refractivity contribution in [2.24, 2.45) is 5.92 Å². The standard InChI is InChI=1S/C21H30N4O7S/c1-14(2)12-21(3)19(27)25(20(28)23-21)13-18(26)22-16-11-15(5-6-17(16)31-4)33(29,30)24-7-9-32-10-8-24/h5-6,11,14H,7-10,12-13H2,1-4H3,(H,22,26)(H,23,28). The van der Waals surface area contributed by atoms with Gasteiger partial charge in [0.15, 0.2) is 0 Å². The van der Waals surface area contributed by atoms with Crippen LogP contribution in [0.5, 0.6) is 5.75 Å². The number of imide groups is 1. The van der Waals surface area contributed by atoms with Crippen LogP contribution in [-0.2, 0) is 24.3 Å². The number of urea groups is 1. The van der Waals surface area contributed by atoms with Gasteiger partial charge in [0.05, 0.1) is 30.9 Å². The van der Waals surface area contributed by atoms with E-state index in [2.05, 4.69) is 10.6 Å². The topological polar surface area (TPSA) is 134 Å². The number of hydrogen-bond acceptors (Lipinski definition) is 7. The maximum atomic E-state index is 13.0. The van der Waals surface area contributed by atoms with Crippen LogP contribution in [0.3, 0.4) is 0 Å². The van der Waals surface area contributed by atoms with E-state index in [-0.39, 0.29) is 35.3 Å². The van der Waals surface area contributed by atoms with Gasteiger partial charge in [0.2, 0.25) is 15.9 Å². The van der Waals surface area contributed by atoms with Crippen LogP contribution in [0.15, 0.2) is 23.1 Å². The normalized spacial score (nSPS) is 21.9. The number of nitrogens with zero attached hydrogens (tertiary/aromatic N) is 2. The van der Waals surface area contributed by atoms with Gasteiger partial charge < -0.3 is 20.1 Å². The summed E-state index contributed by atoms with van der Waals surface area (Å²) in [5, 5.41) is 5.22. The number of carbonyl (C=O) groups is 3. The number of amides is 4. The van der Waals surface area contributed by atoms with E-state index in [1.54, 1.807) is 6.92 Å². The molecule has 1 atom stereocenters. The van der Waals surface area contributed by atoms with Crippen LogP contribution < -0.4 is 15.4 Å². The van der Waals surface area contributed by atoms with Gasteiger partial charge in [0.25, 0.3) is 5.91 Å². The molecule has 2 aliphatic rings. The van der Waals surface area contributed by atoms with Crippen LogP contribution in [0.25, 0.3) is 0 Å². The molecule has 1 aromatic rings. The van der Waals surface area contributed by atoms with E-state index < -0.39 is 40.0 Å². The van der Waals surface area contributed by atoms with E-state index in [9.17, 15) is 22.8 Å². The third-order valence-electron chi connectivity index (χ3n) is 5.52. The smallest absolute Gasteiger partial charge is 0.325 e. The maximum absolute atomic E-state index is 13.0. The summed E-state index contributed by atoms with van der Waals surface area (Å²) in [5.74, 6) is -0.738. The fraction of sp³-hybridized carbons (Fsp3) is 0.571. The molecule has 2 fully saturated rings. The number of hydrogen-bond donors (Lipinski definition) is 2. The zero-order valence-corrected chi connectivity index (χ0v) is 20.0. The van der Waals surface area contributed by atoms with Crippen LogP contribution in [0.2, 0.25) is 0 Å². The molecule has 11 nitrogen and oxygen atoms in total. The molecule has 182 valence electrons. The number of ether oxygens (including phenoxy) is 2. The Bertz CT molecular complexity index is 1040. The van der Waals surface area contributed by atoms with E-state index >= 15 is 0 Å². The largest absolute Gasteiger partial charge is 0.495 e. The molecule has 3 rings (SSSR count). The molecule has 2 heterocycles. The average molecular weight is 483 g/mol. The van der Waals surface area contributed by atoms with Crippen LogP contribution in [0.4, 0.5) is 10.5 Å². The first kappa shape index (κ1) is 24.9. The summed E-state index contributed by atoms with van der Waals surface area (Å²) in [5.41, 5.74) is -0.955. The molecule has 0 radical (unpaired) electrons. The van der Waals surface area contributed by atoms with Gasteiger partial charge in [0, 0.05) is 13.1 Å². The molecule has 0 bridgehead atoms. The summed E-state index contributed by atoms with van der Waals surface area (Å²) >= 11 is 0. The maximum Gasteiger partial charge on any atom is 0.325 e. The van der Waals surface area contributed by atoms with Crippen LogP contribution in [0, 0.1) is 5.92 Å². The van der Waals surface area contributed by atoms with Crippen molar-refractivity contribution < 1.29 is 32.3 Å².